The Morgan fingerprint density at radius 2 is 1.95 bits per heavy atom. The van der Waals surface area contributed by atoms with E-state index in [9.17, 15) is 9.59 Å². The summed E-state index contributed by atoms with van der Waals surface area (Å²) in [6, 6.07) is 6.76. The number of nitrogens with zero attached hydrogens (tertiary/aromatic N) is 1. The van der Waals surface area contributed by atoms with Gasteiger partial charge in [0.05, 0.1) is 18.1 Å². The number of halogens is 1. The number of benzene rings is 1. The van der Waals surface area contributed by atoms with Gasteiger partial charge in [0.15, 0.2) is 0 Å². The van der Waals surface area contributed by atoms with Crippen molar-refractivity contribution in [3.8, 4) is 0 Å². The highest BCUT2D eigenvalue weighted by atomic mass is 35.5. The van der Waals surface area contributed by atoms with E-state index in [-0.39, 0.29) is 30.4 Å². The second-order valence-electron chi connectivity index (χ2n) is 5.89. The van der Waals surface area contributed by atoms with Gasteiger partial charge in [-0.1, -0.05) is 29.8 Å². The largest absolute Gasteiger partial charge is 0.326 e. The minimum Gasteiger partial charge on any atom is -0.326 e. The smallest absolute Gasteiger partial charge is 0.246 e. The number of hydrogen-bond donors (Lipinski definition) is 2. The molecule has 0 saturated carbocycles. The summed E-state index contributed by atoms with van der Waals surface area (Å²) >= 11 is 6.28. The third kappa shape index (κ3) is 2.95. The van der Waals surface area contributed by atoms with Gasteiger partial charge >= 0.3 is 0 Å². The van der Waals surface area contributed by atoms with E-state index in [0.717, 1.165) is 5.56 Å². The van der Waals surface area contributed by atoms with Crippen molar-refractivity contribution in [1.29, 1.82) is 0 Å². The number of amides is 2. The minimum absolute atomic E-state index is 0.107. The Balaban J connectivity index is 2.49. The van der Waals surface area contributed by atoms with Gasteiger partial charge in [-0.3, -0.25) is 19.8 Å². The lowest BCUT2D eigenvalue weighted by Gasteiger charge is -2.46. The molecule has 21 heavy (non-hydrogen) atoms. The van der Waals surface area contributed by atoms with Crippen LogP contribution in [-0.4, -0.2) is 34.8 Å². The lowest BCUT2D eigenvalue weighted by atomic mass is 9.90. The van der Waals surface area contributed by atoms with E-state index in [2.05, 4.69) is 5.32 Å². The van der Waals surface area contributed by atoms with Crippen LogP contribution in [0, 0.1) is 0 Å². The number of carbonyl (C=O) groups excluding carboxylic acids is 2. The SMILES string of the molecule is CC(N)C(c1ccccc1Cl)N1CC(=O)NC(=O)C1(C)C. The summed E-state index contributed by atoms with van der Waals surface area (Å²) in [5.74, 6) is -0.645. The summed E-state index contributed by atoms with van der Waals surface area (Å²) in [7, 11) is 0. The van der Waals surface area contributed by atoms with E-state index in [4.69, 9.17) is 17.3 Å². The second-order valence-corrected chi connectivity index (χ2v) is 6.30. The third-order valence-electron chi connectivity index (χ3n) is 3.90. The van der Waals surface area contributed by atoms with Gasteiger partial charge < -0.3 is 5.73 Å². The molecule has 0 spiro atoms. The number of imide groups is 1. The molecule has 2 atom stereocenters. The van der Waals surface area contributed by atoms with E-state index >= 15 is 0 Å². The maximum absolute atomic E-state index is 12.1. The van der Waals surface area contributed by atoms with Gasteiger partial charge in [0.1, 0.15) is 0 Å². The molecule has 6 heteroatoms. The molecule has 1 fully saturated rings. The Morgan fingerprint density at radius 1 is 1.33 bits per heavy atom. The van der Waals surface area contributed by atoms with Crippen LogP contribution in [0.4, 0.5) is 0 Å². The lowest BCUT2D eigenvalue weighted by molar-refractivity contribution is -0.147. The highest BCUT2D eigenvalue weighted by Gasteiger charge is 2.45. The fourth-order valence-corrected chi connectivity index (χ4v) is 2.95. The van der Waals surface area contributed by atoms with Gasteiger partial charge in [0.2, 0.25) is 11.8 Å². The van der Waals surface area contributed by atoms with Crippen molar-refractivity contribution in [1.82, 2.24) is 10.2 Å². The van der Waals surface area contributed by atoms with Crippen LogP contribution in [0.5, 0.6) is 0 Å². The summed E-state index contributed by atoms with van der Waals surface area (Å²) in [4.78, 5) is 25.7. The van der Waals surface area contributed by atoms with Crippen molar-refractivity contribution in [2.24, 2.45) is 5.73 Å². The molecule has 0 radical (unpaired) electrons. The van der Waals surface area contributed by atoms with Crippen molar-refractivity contribution in [2.75, 3.05) is 6.54 Å². The zero-order valence-electron chi connectivity index (χ0n) is 12.4. The molecule has 2 rings (SSSR count). The average Bonchev–Trinajstić information content (AvgIpc) is 2.38. The molecule has 1 aromatic carbocycles. The average molecular weight is 310 g/mol. The van der Waals surface area contributed by atoms with Crippen molar-refractivity contribution in [2.45, 2.75) is 38.4 Å². The standard InChI is InChI=1S/C15H20ClN3O2/c1-9(17)13(10-6-4-5-7-11(10)16)19-8-12(20)18-14(21)15(19,2)3/h4-7,9,13H,8,17H2,1-3H3,(H,18,20,21). The molecule has 2 amide bonds. The lowest BCUT2D eigenvalue weighted by Crippen LogP contribution is -2.66. The van der Waals surface area contributed by atoms with E-state index < -0.39 is 5.54 Å². The number of hydrogen-bond acceptors (Lipinski definition) is 4. The van der Waals surface area contributed by atoms with Crippen LogP contribution in [0.3, 0.4) is 0 Å². The predicted molar refractivity (Wildman–Crippen MR) is 81.8 cm³/mol. The molecule has 114 valence electrons. The minimum atomic E-state index is -0.842. The summed E-state index contributed by atoms with van der Waals surface area (Å²) in [5, 5.41) is 2.94. The van der Waals surface area contributed by atoms with Crippen LogP contribution in [0.2, 0.25) is 5.02 Å². The van der Waals surface area contributed by atoms with Crippen molar-refractivity contribution in [3.63, 3.8) is 0 Å². The number of nitrogens with two attached hydrogens (primary N) is 1. The molecule has 0 aliphatic carbocycles. The highest BCUT2D eigenvalue weighted by Crippen LogP contribution is 2.35. The number of piperazine rings is 1. The van der Waals surface area contributed by atoms with Crippen molar-refractivity contribution < 1.29 is 9.59 Å². The third-order valence-corrected chi connectivity index (χ3v) is 4.24. The van der Waals surface area contributed by atoms with Crippen LogP contribution in [0.25, 0.3) is 0 Å². The van der Waals surface area contributed by atoms with Gasteiger partial charge in [0.25, 0.3) is 0 Å². The van der Waals surface area contributed by atoms with Crippen LogP contribution < -0.4 is 11.1 Å². The van der Waals surface area contributed by atoms with Gasteiger partial charge in [-0.25, -0.2) is 0 Å². The Kier molecular flexibility index (Phi) is 4.37. The van der Waals surface area contributed by atoms with Crippen molar-refractivity contribution in [3.05, 3.63) is 34.9 Å². The van der Waals surface area contributed by atoms with Crippen LogP contribution in [0.1, 0.15) is 32.4 Å². The molecule has 3 N–H and O–H groups in total. The summed E-state index contributed by atoms with van der Waals surface area (Å²) in [5.41, 5.74) is 6.12. The van der Waals surface area contributed by atoms with E-state index in [1.165, 1.54) is 0 Å². The molecule has 1 heterocycles. The first kappa shape index (κ1) is 15.9. The molecule has 1 aliphatic rings. The van der Waals surface area contributed by atoms with E-state index in [0.29, 0.717) is 5.02 Å². The molecule has 1 saturated heterocycles. The molecule has 5 nitrogen and oxygen atoms in total. The van der Waals surface area contributed by atoms with E-state index in [1.54, 1.807) is 19.9 Å². The first-order chi connectivity index (χ1) is 9.75. The van der Waals surface area contributed by atoms with Gasteiger partial charge in [-0.05, 0) is 32.4 Å². The Labute approximate surface area is 129 Å². The quantitative estimate of drug-likeness (QED) is 0.829. The topological polar surface area (TPSA) is 75.4 Å². The molecule has 1 aliphatic heterocycles. The normalized spacial score (nSPS) is 21.8. The highest BCUT2D eigenvalue weighted by molar-refractivity contribution is 6.31. The zero-order chi connectivity index (χ0) is 15.8. The second kappa shape index (κ2) is 5.75. The number of carbonyl (C=O) groups is 2. The fraction of sp³-hybridized carbons (Fsp3) is 0.467. The first-order valence-electron chi connectivity index (χ1n) is 6.86. The Bertz CT molecular complexity index is 572. The molecular weight excluding hydrogens is 290 g/mol. The van der Waals surface area contributed by atoms with Crippen LogP contribution in [0.15, 0.2) is 24.3 Å². The molecule has 1 aromatic rings. The summed E-state index contributed by atoms with van der Waals surface area (Å²) in [6.07, 6.45) is 0. The molecule has 2 unspecified atom stereocenters. The summed E-state index contributed by atoms with van der Waals surface area (Å²) in [6.45, 7) is 5.51. The first-order valence-corrected chi connectivity index (χ1v) is 7.24. The molecule has 0 aromatic heterocycles. The zero-order valence-corrected chi connectivity index (χ0v) is 13.1. The monoisotopic (exact) mass is 309 g/mol. The maximum Gasteiger partial charge on any atom is 0.246 e. The fourth-order valence-electron chi connectivity index (χ4n) is 2.70. The van der Waals surface area contributed by atoms with Gasteiger partial charge in [-0.2, -0.15) is 0 Å². The van der Waals surface area contributed by atoms with Crippen LogP contribution >= 0.6 is 11.6 Å². The maximum atomic E-state index is 12.1. The predicted octanol–water partition coefficient (Wildman–Crippen LogP) is 1.47. The van der Waals surface area contributed by atoms with Crippen molar-refractivity contribution >= 4 is 23.4 Å². The van der Waals surface area contributed by atoms with Crippen LogP contribution in [-0.2, 0) is 9.59 Å². The summed E-state index contributed by atoms with van der Waals surface area (Å²) < 4.78 is 0. The van der Waals surface area contributed by atoms with Gasteiger partial charge in [0, 0.05) is 11.1 Å². The molecule has 0 bridgehead atoms. The van der Waals surface area contributed by atoms with Gasteiger partial charge in [-0.15, -0.1) is 0 Å². The molecular formula is C15H20ClN3O2. The van der Waals surface area contributed by atoms with E-state index in [1.807, 2.05) is 30.0 Å². The Morgan fingerprint density at radius 3 is 2.52 bits per heavy atom. The Hall–Kier alpha value is -1.43. The number of rotatable bonds is 3. The number of nitrogens with one attached hydrogen (secondary N) is 1.